The van der Waals surface area contributed by atoms with Crippen LogP contribution in [0.15, 0.2) is 0 Å². The molecule has 2 bridgehead atoms. The largest absolute Gasteiger partial charge is 0.0594 e. The first kappa shape index (κ1) is 5.62. The van der Waals surface area contributed by atoms with E-state index in [0.29, 0.717) is 0 Å². The van der Waals surface area contributed by atoms with Gasteiger partial charge in [-0.2, -0.15) is 0 Å². The Morgan fingerprint density at radius 2 is 1.60 bits per heavy atom. The summed E-state index contributed by atoms with van der Waals surface area (Å²) >= 11 is 0. The topological polar surface area (TPSA) is 0 Å². The molecule has 0 aromatic rings. The highest BCUT2D eigenvalue weighted by Gasteiger charge is 2.63. The Kier molecular flexibility index (Phi) is 0.735. The van der Waals surface area contributed by atoms with E-state index in [-0.39, 0.29) is 0 Å². The van der Waals surface area contributed by atoms with Gasteiger partial charge >= 0.3 is 0 Å². The van der Waals surface area contributed by atoms with Crippen LogP contribution in [0.3, 0.4) is 0 Å². The van der Waals surface area contributed by atoms with Crippen LogP contribution in [0.1, 0.15) is 33.1 Å². The molecule has 56 valence electrons. The average molecular weight is 136 g/mol. The van der Waals surface area contributed by atoms with E-state index in [1.54, 1.807) is 19.3 Å². The van der Waals surface area contributed by atoms with E-state index < -0.39 is 0 Å². The first-order valence-electron chi connectivity index (χ1n) is 4.69. The fourth-order valence-electron chi connectivity index (χ4n) is 4.28. The smallest absolute Gasteiger partial charge is 0.0292 e. The van der Waals surface area contributed by atoms with Crippen molar-refractivity contribution >= 4 is 0 Å². The van der Waals surface area contributed by atoms with Gasteiger partial charge in [-0.15, -0.1) is 0 Å². The second-order valence-corrected chi connectivity index (χ2v) is 5.27. The van der Waals surface area contributed by atoms with Gasteiger partial charge in [-0.3, -0.25) is 0 Å². The molecule has 0 saturated heterocycles. The van der Waals surface area contributed by atoms with Gasteiger partial charge in [-0.1, -0.05) is 13.8 Å². The molecule has 0 aromatic carbocycles. The standard InChI is InChI=1S/C10H16/c1-10(2)8-4-6-3-7(5-8)9(6)10/h6-9H,3-5H2,1-2H3. The van der Waals surface area contributed by atoms with Crippen molar-refractivity contribution < 1.29 is 0 Å². The summed E-state index contributed by atoms with van der Waals surface area (Å²) < 4.78 is 0. The molecule has 0 heteroatoms. The van der Waals surface area contributed by atoms with Gasteiger partial charge in [0.15, 0.2) is 0 Å². The summed E-state index contributed by atoms with van der Waals surface area (Å²) in [5.41, 5.74) is 0.744. The van der Waals surface area contributed by atoms with Gasteiger partial charge in [0.2, 0.25) is 0 Å². The number of rotatable bonds is 0. The van der Waals surface area contributed by atoms with Crippen molar-refractivity contribution in [3.63, 3.8) is 0 Å². The average Bonchev–Trinajstić information content (AvgIpc) is 2.12. The van der Waals surface area contributed by atoms with Crippen molar-refractivity contribution in [3.05, 3.63) is 0 Å². The molecule has 0 heterocycles. The van der Waals surface area contributed by atoms with Crippen LogP contribution in [-0.2, 0) is 0 Å². The maximum atomic E-state index is 2.50. The minimum atomic E-state index is 0.744. The number of hydrogen-bond donors (Lipinski definition) is 0. The van der Waals surface area contributed by atoms with Crippen LogP contribution < -0.4 is 0 Å². The van der Waals surface area contributed by atoms with E-state index in [2.05, 4.69) is 13.8 Å². The SMILES string of the molecule is CC1(C)C2CC3CC(C2)C31. The Balaban J connectivity index is 2.05. The first-order valence-corrected chi connectivity index (χ1v) is 4.69. The summed E-state index contributed by atoms with van der Waals surface area (Å²) in [5, 5.41) is 0. The summed E-state index contributed by atoms with van der Waals surface area (Å²) in [6.45, 7) is 5.00. The summed E-state index contributed by atoms with van der Waals surface area (Å²) in [6, 6.07) is 0. The Labute approximate surface area is 63.0 Å². The fourth-order valence-corrected chi connectivity index (χ4v) is 4.28. The van der Waals surface area contributed by atoms with Gasteiger partial charge in [0, 0.05) is 0 Å². The maximum absolute atomic E-state index is 2.50. The van der Waals surface area contributed by atoms with Crippen LogP contribution in [0.2, 0.25) is 0 Å². The lowest BCUT2D eigenvalue weighted by Gasteiger charge is -2.43. The minimum Gasteiger partial charge on any atom is -0.0594 e. The highest BCUT2D eigenvalue weighted by atomic mass is 14.7. The van der Waals surface area contributed by atoms with Crippen LogP contribution in [-0.4, -0.2) is 0 Å². The zero-order chi connectivity index (χ0) is 6.93. The van der Waals surface area contributed by atoms with Crippen molar-refractivity contribution in [2.75, 3.05) is 0 Å². The molecule has 2 atom stereocenters. The molecule has 0 nitrogen and oxygen atoms in total. The third-order valence-corrected chi connectivity index (χ3v) is 4.71. The third kappa shape index (κ3) is 0.383. The second-order valence-electron chi connectivity index (χ2n) is 5.27. The maximum Gasteiger partial charge on any atom is -0.0292 e. The molecule has 3 rings (SSSR count). The molecule has 3 aliphatic carbocycles. The summed E-state index contributed by atoms with van der Waals surface area (Å²) in [5.74, 6) is 4.59. The molecular weight excluding hydrogens is 120 g/mol. The molecule has 0 spiro atoms. The first-order chi connectivity index (χ1) is 4.69. The molecule has 2 unspecified atom stereocenters. The zero-order valence-electron chi connectivity index (χ0n) is 6.93. The Bertz CT molecular complexity index is 168. The van der Waals surface area contributed by atoms with Crippen molar-refractivity contribution in [2.24, 2.45) is 29.1 Å². The zero-order valence-corrected chi connectivity index (χ0v) is 6.93. The molecule has 0 radical (unpaired) electrons. The normalized spacial score (nSPS) is 60.6. The van der Waals surface area contributed by atoms with E-state index in [0.717, 1.165) is 17.3 Å². The Morgan fingerprint density at radius 1 is 1.00 bits per heavy atom. The Morgan fingerprint density at radius 3 is 1.80 bits per heavy atom. The minimum absolute atomic E-state index is 0.744. The predicted molar refractivity (Wildman–Crippen MR) is 41.6 cm³/mol. The number of hydrogen-bond acceptors (Lipinski definition) is 0. The van der Waals surface area contributed by atoms with Crippen LogP contribution >= 0.6 is 0 Å². The highest BCUT2D eigenvalue weighted by Crippen LogP contribution is 2.71. The number of fused-ring (bicyclic) bond motifs is 1. The molecule has 0 aromatic heterocycles. The van der Waals surface area contributed by atoms with Gasteiger partial charge in [0.1, 0.15) is 0 Å². The summed E-state index contributed by atoms with van der Waals surface area (Å²) in [6.07, 6.45) is 4.74. The van der Waals surface area contributed by atoms with Crippen molar-refractivity contribution in [1.82, 2.24) is 0 Å². The molecule has 0 amide bonds. The van der Waals surface area contributed by atoms with Gasteiger partial charge in [0.25, 0.3) is 0 Å². The lowest BCUT2D eigenvalue weighted by atomic mass is 9.62. The molecule has 3 fully saturated rings. The summed E-state index contributed by atoms with van der Waals surface area (Å²) in [4.78, 5) is 0. The van der Waals surface area contributed by atoms with E-state index in [1.165, 1.54) is 11.8 Å². The lowest BCUT2D eigenvalue weighted by molar-refractivity contribution is 0.0551. The van der Waals surface area contributed by atoms with Crippen molar-refractivity contribution in [3.8, 4) is 0 Å². The van der Waals surface area contributed by atoms with Crippen LogP contribution in [0.25, 0.3) is 0 Å². The van der Waals surface area contributed by atoms with Gasteiger partial charge in [-0.25, -0.2) is 0 Å². The molecule has 0 N–H and O–H groups in total. The lowest BCUT2D eigenvalue weighted by Crippen LogP contribution is -2.36. The second kappa shape index (κ2) is 1.31. The Hall–Kier alpha value is 0. The fraction of sp³-hybridized carbons (Fsp3) is 1.00. The van der Waals surface area contributed by atoms with E-state index >= 15 is 0 Å². The molecule has 0 aliphatic heterocycles. The highest BCUT2D eigenvalue weighted by molar-refractivity contribution is 5.12. The van der Waals surface area contributed by atoms with Crippen LogP contribution in [0, 0.1) is 29.1 Å². The molecular formula is C10H16. The van der Waals surface area contributed by atoms with Gasteiger partial charge in [0.05, 0.1) is 0 Å². The third-order valence-electron chi connectivity index (χ3n) is 4.71. The quantitative estimate of drug-likeness (QED) is 0.480. The van der Waals surface area contributed by atoms with Gasteiger partial charge < -0.3 is 0 Å². The molecule has 10 heavy (non-hydrogen) atoms. The predicted octanol–water partition coefficient (Wildman–Crippen LogP) is 2.69. The van der Waals surface area contributed by atoms with Crippen LogP contribution in [0.4, 0.5) is 0 Å². The van der Waals surface area contributed by atoms with Crippen molar-refractivity contribution in [2.45, 2.75) is 33.1 Å². The van der Waals surface area contributed by atoms with E-state index in [9.17, 15) is 0 Å². The van der Waals surface area contributed by atoms with E-state index in [1.807, 2.05) is 0 Å². The molecule has 3 saturated carbocycles. The van der Waals surface area contributed by atoms with Crippen LogP contribution in [0.5, 0.6) is 0 Å². The van der Waals surface area contributed by atoms with E-state index in [4.69, 9.17) is 0 Å². The molecule has 3 aliphatic rings. The summed E-state index contributed by atoms with van der Waals surface area (Å²) in [7, 11) is 0. The monoisotopic (exact) mass is 136 g/mol. The van der Waals surface area contributed by atoms with Crippen molar-refractivity contribution in [1.29, 1.82) is 0 Å². The van der Waals surface area contributed by atoms with Gasteiger partial charge in [-0.05, 0) is 48.3 Å².